The maximum Gasteiger partial charge on any atom is 0.244 e. The minimum absolute atomic E-state index is 0.104. The second kappa shape index (κ2) is 7.77. The molecule has 3 aromatic rings. The summed E-state index contributed by atoms with van der Waals surface area (Å²) in [5, 5.41) is 3.66. The Balaban J connectivity index is 1.69. The Hall–Kier alpha value is -2.90. The van der Waals surface area contributed by atoms with E-state index in [1.54, 1.807) is 24.3 Å². The summed E-state index contributed by atoms with van der Waals surface area (Å²) in [5.74, 6) is 0.231. The van der Waals surface area contributed by atoms with E-state index in [0.29, 0.717) is 11.3 Å². The number of amides is 1. The molecule has 7 heteroatoms. The van der Waals surface area contributed by atoms with Gasteiger partial charge in [0.2, 0.25) is 15.9 Å². The van der Waals surface area contributed by atoms with Crippen LogP contribution < -0.4 is 5.32 Å². The standard InChI is InChI=1S/C20H20N2O4S/c1-22(2)27(24,25)19-10-6-4-8-16(19)14-21-20(23)12-11-17-13-15-7-3-5-9-18(15)26-17/h3-13H,14H2,1-2H3,(H,21,23)/b12-11+. The molecule has 2 aromatic carbocycles. The topological polar surface area (TPSA) is 79.6 Å². The fourth-order valence-electron chi connectivity index (χ4n) is 2.58. The number of sulfonamides is 1. The number of benzene rings is 2. The van der Waals surface area contributed by atoms with Crippen LogP contribution in [0.3, 0.4) is 0 Å². The lowest BCUT2D eigenvalue weighted by Gasteiger charge is -2.15. The molecule has 1 N–H and O–H groups in total. The number of hydrogen-bond acceptors (Lipinski definition) is 4. The van der Waals surface area contributed by atoms with Gasteiger partial charge in [0, 0.05) is 32.1 Å². The summed E-state index contributed by atoms with van der Waals surface area (Å²) >= 11 is 0. The van der Waals surface area contributed by atoms with E-state index < -0.39 is 10.0 Å². The molecular formula is C20H20N2O4S. The van der Waals surface area contributed by atoms with Gasteiger partial charge in [-0.3, -0.25) is 4.79 Å². The summed E-state index contributed by atoms with van der Waals surface area (Å²) in [7, 11) is -0.631. The van der Waals surface area contributed by atoms with E-state index in [2.05, 4.69) is 5.32 Å². The first kappa shape index (κ1) is 18.9. The maximum atomic E-state index is 12.4. The van der Waals surface area contributed by atoms with Gasteiger partial charge in [0.05, 0.1) is 4.90 Å². The van der Waals surface area contributed by atoms with Crippen molar-refractivity contribution in [1.29, 1.82) is 0 Å². The van der Waals surface area contributed by atoms with E-state index in [1.165, 1.54) is 26.2 Å². The van der Waals surface area contributed by atoms with E-state index >= 15 is 0 Å². The van der Waals surface area contributed by atoms with Gasteiger partial charge in [-0.05, 0) is 29.8 Å². The molecule has 0 unspecified atom stereocenters. The Morgan fingerprint density at radius 2 is 1.81 bits per heavy atom. The number of hydrogen-bond donors (Lipinski definition) is 1. The van der Waals surface area contributed by atoms with Gasteiger partial charge in [0.1, 0.15) is 11.3 Å². The molecule has 140 valence electrons. The van der Waals surface area contributed by atoms with Crippen molar-refractivity contribution >= 4 is 33.0 Å². The highest BCUT2D eigenvalue weighted by Gasteiger charge is 2.20. The summed E-state index contributed by atoms with van der Waals surface area (Å²) < 4.78 is 31.5. The van der Waals surface area contributed by atoms with Crippen molar-refractivity contribution in [2.24, 2.45) is 0 Å². The quantitative estimate of drug-likeness (QED) is 0.663. The Kier molecular flexibility index (Phi) is 5.43. The van der Waals surface area contributed by atoms with Crippen molar-refractivity contribution in [3.05, 3.63) is 72.0 Å². The van der Waals surface area contributed by atoms with E-state index in [0.717, 1.165) is 15.3 Å². The van der Waals surface area contributed by atoms with Crippen molar-refractivity contribution in [2.75, 3.05) is 14.1 Å². The number of nitrogens with one attached hydrogen (secondary N) is 1. The largest absolute Gasteiger partial charge is 0.457 e. The smallest absolute Gasteiger partial charge is 0.244 e. The van der Waals surface area contributed by atoms with Crippen LogP contribution in [-0.4, -0.2) is 32.7 Å². The second-order valence-corrected chi connectivity index (χ2v) is 8.25. The third-order valence-electron chi connectivity index (χ3n) is 4.03. The first-order chi connectivity index (χ1) is 12.9. The number of fused-ring (bicyclic) bond motifs is 1. The molecule has 0 spiro atoms. The average Bonchev–Trinajstić information content (AvgIpc) is 3.07. The summed E-state index contributed by atoms with van der Waals surface area (Å²) in [6, 6.07) is 16.0. The molecule has 3 rings (SSSR count). The average molecular weight is 384 g/mol. The lowest BCUT2D eigenvalue weighted by atomic mass is 10.2. The molecule has 0 aliphatic heterocycles. The lowest BCUT2D eigenvalue weighted by Crippen LogP contribution is -2.26. The van der Waals surface area contributed by atoms with Crippen LogP contribution in [0, 0.1) is 0 Å². The highest BCUT2D eigenvalue weighted by Crippen LogP contribution is 2.20. The Morgan fingerprint density at radius 3 is 2.56 bits per heavy atom. The van der Waals surface area contributed by atoms with Crippen molar-refractivity contribution < 1.29 is 17.6 Å². The molecule has 0 radical (unpaired) electrons. The number of carbonyl (C=O) groups is 1. The van der Waals surface area contributed by atoms with Crippen LogP contribution in [0.4, 0.5) is 0 Å². The van der Waals surface area contributed by atoms with Gasteiger partial charge in [-0.15, -0.1) is 0 Å². The van der Waals surface area contributed by atoms with Crippen molar-refractivity contribution in [3.63, 3.8) is 0 Å². The zero-order valence-electron chi connectivity index (χ0n) is 15.0. The SMILES string of the molecule is CN(C)S(=O)(=O)c1ccccc1CNC(=O)/C=C/c1cc2ccccc2o1. The highest BCUT2D eigenvalue weighted by molar-refractivity contribution is 7.89. The minimum Gasteiger partial charge on any atom is -0.457 e. The van der Waals surface area contributed by atoms with Crippen LogP contribution in [0.15, 0.2) is 70.0 Å². The predicted octanol–water partition coefficient (Wildman–Crippen LogP) is 3.01. The summed E-state index contributed by atoms with van der Waals surface area (Å²) in [6.07, 6.45) is 2.94. The zero-order valence-corrected chi connectivity index (χ0v) is 15.9. The van der Waals surface area contributed by atoms with E-state index in [-0.39, 0.29) is 17.3 Å². The van der Waals surface area contributed by atoms with Crippen LogP contribution in [-0.2, 0) is 21.4 Å². The molecule has 27 heavy (non-hydrogen) atoms. The first-order valence-corrected chi connectivity index (χ1v) is 9.77. The molecule has 0 aliphatic rings. The van der Waals surface area contributed by atoms with Gasteiger partial charge in [0.15, 0.2) is 0 Å². The van der Waals surface area contributed by atoms with Crippen LogP contribution in [0.25, 0.3) is 17.0 Å². The predicted molar refractivity (Wildman–Crippen MR) is 104 cm³/mol. The van der Waals surface area contributed by atoms with Gasteiger partial charge < -0.3 is 9.73 Å². The van der Waals surface area contributed by atoms with E-state index in [1.807, 2.05) is 30.3 Å². The number of rotatable bonds is 6. The van der Waals surface area contributed by atoms with Crippen LogP contribution in [0.1, 0.15) is 11.3 Å². The fourth-order valence-corrected chi connectivity index (χ4v) is 3.70. The highest BCUT2D eigenvalue weighted by atomic mass is 32.2. The van der Waals surface area contributed by atoms with Gasteiger partial charge in [-0.2, -0.15) is 0 Å². The number of carbonyl (C=O) groups excluding carboxylic acids is 1. The van der Waals surface area contributed by atoms with Crippen molar-refractivity contribution in [1.82, 2.24) is 9.62 Å². The second-order valence-electron chi connectivity index (χ2n) is 6.13. The van der Waals surface area contributed by atoms with Crippen molar-refractivity contribution in [2.45, 2.75) is 11.4 Å². The Morgan fingerprint density at radius 1 is 1.11 bits per heavy atom. The molecule has 1 amide bonds. The van der Waals surface area contributed by atoms with Gasteiger partial charge in [-0.1, -0.05) is 36.4 Å². The summed E-state index contributed by atoms with van der Waals surface area (Å²) in [5.41, 5.74) is 1.28. The molecule has 1 heterocycles. The molecule has 0 fully saturated rings. The molecule has 0 atom stereocenters. The van der Waals surface area contributed by atoms with E-state index in [4.69, 9.17) is 4.42 Å². The third kappa shape index (κ3) is 4.27. The van der Waals surface area contributed by atoms with Crippen LogP contribution in [0.2, 0.25) is 0 Å². The maximum absolute atomic E-state index is 12.4. The van der Waals surface area contributed by atoms with Gasteiger partial charge in [-0.25, -0.2) is 12.7 Å². The first-order valence-electron chi connectivity index (χ1n) is 8.33. The summed E-state index contributed by atoms with van der Waals surface area (Å²) in [4.78, 5) is 12.3. The molecule has 1 aromatic heterocycles. The molecule has 0 saturated carbocycles. The van der Waals surface area contributed by atoms with Crippen molar-refractivity contribution in [3.8, 4) is 0 Å². The number of para-hydroxylation sites is 1. The molecule has 6 nitrogen and oxygen atoms in total. The minimum atomic E-state index is -3.58. The molecule has 0 saturated heterocycles. The van der Waals surface area contributed by atoms with Crippen LogP contribution >= 0.6 is 0 Å². The normalized spacial score (nSPS) is 12.1. The van der Waals surface area contributed by atoms with Gasteiger partial charge >= 0.3 is 0 Å². The molecule has 0 aliphatic carbocycles. The third-order valence-corrected chi connectivity index (χ3v) is 5.94. The lowest BCUT2D eigenvalue weighted by molar-refractivity contribution is -0.116. The fraction of sp³-hybridized carbons (Fsp3) is 0.150. The Bertz CT molecular complexity index is 1060. The monoisotopic (exact) mass is 384 g/mol. The summed E-state index contributed by atoms with van der Waals surface area (Å²) in [6.45, 7) is 0.104. The number of furan rings is 1. The molecule has 0 bridgehead atoms. The Labute approximate surface area is 158 Å². The zero-order chi connectivity index (χ0) is 19.4. The number of nitrogens with zero attached hydrogens (tertiary/aromatic N) is 1. The van der Waals surface area contributed by atoms with Gasteiger partial charge in [0.25, 0.3) is 0 Å². The van der Waals surface area contributed by atoms with E-state index in [9.17, 15) is 13.2 Å². The molecular weight excluding hydrogens is 364 g/mol. The van der Waals surface area contributed by atoms with Crippen LogP contribution in [0.5, 0.6) is 0 Å².